The Balaban J connectivity index is 2.73. The maximum absolute atomic E-state index is 14.4. The molecule has 2 rings (SSSR count). The largest absolute Gasteiger partial charge is 0.497 e. The van der Waals surface area contributed by atoms with E-state index in [0.29, 0.717) is 5.69 Å². The summed E-state index contributed by atoms with van der Waals surface area (Å²) in [5, 5.41) is 10.7. The molecule has 0 bridgehead atoms. The molecule has 0 amide bonds. The van der Waals surface area contributed by atoms with Gasteiger partial charge in [0.05, 0.1) is 7.11 Å². The molecule has 142 valence electrons. The molecule has 2 aromatic rings. The van der Waals surface area contributed by atoms with Crippen LogP contribution in [-0.2, 0) is 5.60 Å². The average molecular weight is 375 g/mol. The van der Waals surface area contributed by atoms with Gasteiger partial charge in [-0.3, -0.25) is 0 Å². The summed E-state index contributed by atoms with van der Waals surface area (Å²) in [4.78, 5) is 1.65. The number of methoxy groups -OCH3 is 1. The van der Waals surface area contributed by atoms with Crippen molar-refractivity contribution < 1.29 is 31.8 Å². The molecular formula is C18H18F5NO2. The van der Waals surface area contributed by atoms with E-state index >= 15 is 0 Å². The third-order valence-electron chi connectivity index (χ3n) is 4.10. The fourth-order valence-corrected chi connectivity index (χ4v) is 2.58. The molecule has 1 unspecified atom stereocenters. The summed E-state index contributed by atoms with van der Waals surface area (Å²) in [6.45, 7) is 0. The molecule has 0 aliphatic heterocycles. The van der Waals surface area contributed by atoms with E-state index in [4.69, 9.17) is 4.74 Å². The Hall–Kier alpha value is -2.35. The first-order valence-corrected chi connectivity index (χ1v) is 7.54. The molecule has 0 saturated heterocycles. The van der Waals surface area contributed by atoms with Crippen LogP contribution < -0.4 is 9.64 Å². The van der Waals surface area contributed by atoms with Crippen LogP contribution in [0.25, 0.3) is 0 Å². The highest BCUT2D eigenvalue weighted by Gasteiger charge is 2.71. The summed E-state index contributed by atoms with van der Waals surface area (Å²) in [5.74, 6) is -5.39. The second kappa shape index (κ2) is 6.75. The van der Waals surface area contributed by atoms with Gasteiger partial charge in [0.15, 0.2) is 5.60 Å². The number of alkyl halides is 5. The number of hydrogen-bond acceptors (Lipinski definition) is 3. The predicted molar refractivity (Wildman–Crippen MR) is 87.8 cm³/mol. The highest BCUT2D eigenvalue weighted by atomic mass is 19.4. The molecule has 26 heavy (non-hydrogen) atoms. The van der Waals surface area contributed by atoms with Crippen LogP contribution in [0, 0.1) is 0 Å². The molecular weight excluding hydrogens is 357 g/mol. The minimum absolute atomic E-state index is 0.0452. The van der Waals surface area contributed by atoms with Crippen molar-refractivity contribution in [1.82, 2.24) is 0 Å². The van der Waals surface area contributed by atoms with Crippen LogP contribution in [-0.4, -0.2) is 38.4 Å². The van der Waals surface area contributed by atoms with E-state index < -0.39 is 28.8 Å². The Kier molecular flexibility index (Phi) is 5.19. The van der Waals surface area contributed by atoms with Gasteiger partial charge in [0.25, 0.3) is 0 Å². The zero-order chi connectivity index (χ0) is 19.8. The molecule has 0 saturated carbocycles. The van der Waals surface area contributed by atoms with Gasteiger partial charge in [-0.15, -0.1) is 0 Å². The number of nitrogens with zero attached hydrogens (tertiary/aromatic N) is 1. The van der Waals surface area contributed by atoms with Gasteiger partial charge in [0.2, 0.25) is 0 Å². The van der Waals surface area contributed by atoms with E-state index in [1.54, 1.807) is 19.0 Å². The van der Waals surface area contributed by atoms with Crippen molar-refractivity contribution in [3.05, 3.63) is 59.7 Å². The Labute approximate surface area is 147 Å². The van der Waals surface area contributed by atoms with Crippen LogP contribution in [0.15, 0.2) is 48.5 Å². The molecule has 0 spiro atoms. The maximum Gasteiger partial charge on any atom is 0.457 e. The molecule has 1 atom stereocenters. The Morgan fingerprint density at radius 3 is 1.92 bits per heavy atom. The lowest BCUT2D eigenvalue weighted by molar-refractivity contribution is -0.336. The van der Waals surface area contributed by atoms with Gasteiger partial charge in [-0.25, -0.2) is 0 Å². The summed E-state index contributed by atoms with van der Waals surface area (Å²) < 4.78 is 73.2. The van der Waals surface area contributed by atoms with Crippen LogP contribution in [0.1, 0.15) is 11.1 Å². The minimum Gasteiger partial charge on any atom is -0.497 e. The zero-order valence-corrected chi connectivity index (χ0v) is 14.3. The fourth-order valence-electron chi connectivity index (χ4n) is 2.58. The van der Waals surface area contributed by atoms with Crippen molar-refractivity contribution in [1.29, 1.82) is 0 Å². The van der Waals surface area contributed by atoms with Crippen LogP contribution in [0.2, 0.25) is 0 Å². The first-order chi connectivity index (χ1) is 11.9. The topological polar surface area (TPSA) is 32.7 Å². The number of ether oxygens (including phenoxy) is 1. The van der Waals surface area contributed by atoms with Gasteiger partial charge in [0.1, 0.15) is 5.75 Å². The predicted octanol–water partition coefficient (Wildman–Crippen LogP) is 4.19. The van der Waals surface area contributed by atoms with E-state index in [9.17, 15) is 27.1 Å². The van der Waals surface area contributed by atoms with Gasteiger partial charge >= 0.3 is 12.1 Å². The lowest BCUT2D eigenvalue weighted by Crippen LogP contribution is -2.55. The maximum atomic E-state index is 14.4. The highest BCUT2D eigenvalue weighted by Crippen LogP contribution is 2.52. The number of anilines is 1. The SMILES string of the molecule is COc1cccc(C(O)(c2ccc(N(C)C)cc2)C(F)(F)C(F)(F)F)c1. The summed E-state index contributed by atoms with van der Waals surface area (Å²) in [7, 11) is 4.62. The Morgan fingerprint density at radius 1 is 0.885 bits per heavy atom. The van der Waals surface area contributed by atoms with E-state index in [1.807, 2.05) is 0 Å². The van der Waals surface area contributed by atoms with E-state index in [2.05, 4.69) is 0 Å². The quantitative estimate of drug-likeness (QED) is 0.796. The van der Waals surface area contributed by atoms with Crippen molar-refractivity contribution >= 4 is 5.69 Å². The molecule has 0 heterocycles. The number of halogens is 5. The second-order valence-corrected chi connectivity index (χ2v) is 5.96. The van der Waals surface area contributed by atoms with Crippen molar-refractivity contribution in [2.24, 2.45) is 0 Å². The molecule has 8 heteroatoms. The third-order valence-corrected chi connectivity index (χ3v) is 4.10. The van der Waals surface area contributed by atoms with Gasteiger partial charge in [0, 0.05) is 19.8 Å². The van der Waals surface area contributed by atoms with Crippen molar-refractivity contribution in [3.8, 4) is 5.75 Å². The number of rotatable bonds is 5. The molecule has 1 N–H and O–H groups in total. The average Bonchev–Trinajstić information content (AvgIpc) is 2.60. The monoisotopic (exact) mass is 375 g/mol. The van der Waals surface area contributed by atoms with Crippen LogP contribution in [0.3, 0.4) is 0 Å². The summed E-state index contributed by atoms with van der Waals surface area (Å²) in [6.07, 6.45) is -5.97. The zero-order valence-electron chi connectivity index (χ0n) is 14.3. The number of hydrogen-bond donors (Lipinski definition) is 1. The van der Waals surface area contributed by atoms with Crippen LogP contribution in [0.4, 0.5) is 27.6 Å². The van der Waals surface area contributed by atoms with Crippen molar-refractivity contribution in [3.63, 3.8) is 0 Å². The van der Waals surface area contributed by atoms with Crippen LogP contribution >= 0.6 is 0 Å². The number of aliphatic hydroxyl groups is 1. The minimum atomic E-state index is -5.97. The van der Waals surface area contributed by atoms with Gasteiger partial charge in [-0.2, -0.15) is 22.0 Å². The first-order valence-electron chi connectivity index (χ1n) is 7.54. The van der Waals surface area contributed by atoms with E-state index in [-0.39, 0.29) is 5.75 Å². The van der Waals surface area contributed by atoms with Gasteiger partial charge < -0.3 is 14.7 Å². The molecule has 0 aliphatic carbocycles. The standard InChI is InChI=1S/C18H18F5NO2/c1-24(2)14-9-7-12(8-10-14)16(25,17(19,20)18(21,22)23)13-5-4-6-15(11-13)26-3/h4-11,25H,1-3H3. The highest BCUT2D eigenvalue weighted by molar-refractivity contribution is 5.50. The first kappa shape index (κ1) is 20.0. The molecule has 0 fully saturated rings. The molecule has 0 aliphatic rings. The second-order valence-electron chi connectivity index (χ2n) is 5.96. The molecule has 0 radical (unpaired) electrons. The van der Waals surface area contributed by atoms with Gasteiger partial charge in [-0.1, -0.05) is 24.3 Å². The van der Waals surface area contributed by atoms with Crippen molar-refractivity contribution in [2.75, 3.05) is 26.1 Å². The van der Waals surface area contributed by atoms with Gasteiger partial charge in [-0.05, 0) is 35.4 Å². The van der Waals surface area contributed by atoms with E-state index in [1.165, 1.54) is 31.4 Å². The molecule has 2 aromatic carbocycles. The lowest BCUT2D eigenvalue weighted by Gasteiger charge is -2.37. The van der Waals surface area contributed by atoms with E-state index in [0.717, 1.165) is 24.3 Å². The Morgan fingerprint density at radius 2 is 1.46 bits per heavy atom. The Bertz CT molecular complexity index is 759. The normalized spacial score (nSPS) is 14.7. The summed E-state index contributed by atoms with van der Waals surface area (Å²) in [6, 6.07) is 9.38. The molecule has 0 aromatic heterocycles. The summed E-state index contributed by atoms with van der Waals surface area (Å²) >= 11 is 0. The summed E-state index contributed by atoms with van der Waals surface area (Å²) in [5.41, 5.74) is -4.25. The number of benzene rings is 2. The fraction of sp³-hybridized carbons (Fsp3) is 0.333. The molecule has 3 nitrogen and oxygen atoms in total. The smallest absolute Gasteiger partial charge is 0.457 e. The van der Waals surface area contributed by atoms with Crippen molar-refractivity contribution in [2.45, 2.75) is 17.7 Å². The van der Waals surface area contributed by atoms with Crippen LogP contribution in [0.5, 0.6) is 5.75 Å². The third kappa shape index (κ3) is 3.21. The lowest BCUT2D eigenvalue weighted by atomic mass is 9.80.